The van der Waals surface area contributed by atoms with Crippen molar-refractivity contribution in [3.8, 4) is 11.4 Å². The van der Waals surface area contributed by atoms with Crippen LogP contribution < -0.4 is 10.1 Å². The quantitative estimate of drug-likeness (QED) is 0.892. The van der Waals surface area contributed by atoms with Gasteiger partial charge in [-0.05, 0) is 37.8 Å². The van der Waals surface area contributed by atoms with Crippen LogP contribution >= 0.6 is 0 Å². The molecular weight excluding hydrogens is 330 g/mol. The van der Waals surface area contributed by atoms with E-state index in [9.17, 15) is 0 Å². The minimum Gasteiger partial charge on any atom is -0.497 e. The molecule has 0 unspecified atom stereocenters. The van der Waals surface area contributed by atoms with Crippen molar-refractivity contribution in [1.82, 2.24) is 15.1 Å². The van der Waals surface area contributed by atoms with E-state index in [0.29, 0.717) is 6.04 Å². The minimum absolute atomic E-state index is 0.0267. The van der Waals surface area contributed by atoms with E-state index in [1.165, 1.54) is 5.56 Å². The molecule has 1 aromatic carbocycles. The fraction of sp³-hybridized carbons (Fsp3) is 0.550. The Kier molecular flexibility index (Phi) is 5.24. The Labute approximate surface area is 154 Å². The molecule has 140 valence electrons. The first-order valence-electron chi connectivity index (χ1n) is 9.39. The van der Waals surface area contributed by atoms with Gasteiger partial charge in [0.15, 0.2) is 0 Å². The second-order valence-electron chi connectivity index (χ2n) is 7.21. The highest BCUT2D eigenvalue weighted by Crippen LogP contribution is 2.34. The van der Waals surface area contributed by atoms with Crippen LogP contribution in [0.15, 0.2) is 36.7 Å². The molecule has 3 heterocycles. The van der Waals surface area contributed by atoms with E-state index in [1.807, 2.05) is 35.1 Å². The zero-order valence-electron chi connectivity index (χ0n) is 15.3. The summed E-state index contributed by atoms with van der Waals surface area (Å²) < 4.78 is 18.8. The molecule has 1 spiro atoms. The monoisotopic (exact) mass is 357 g/mol. The molecule has 1 atom stereocenters. The molecule has 2 aromatic rings. The maximum atomic E-state index is 6.12. The van der Waals surface area contributed by atoms with Gasteiger partial charge in [-0.15, -0.1) is 0 Å². The molecule has 6 nitrogen and oxygen atoms in total. The summed E-state index contributed by atoms with van der Waals surface area (Å²) in [4.78, 5) is 0. The van der Waals surface area contributed by atoms with Gasteiger partial charge in [-0.3, -0.25) is 0 Å². The lowest BCUT2D eigenvalue weighted by molar-refractivity contribution is -0.140. The summed E-state index contributed by atoms with van der Waals surface area (Å²) in [5, 5.41) is 8.19. The summed E-state index contributed by atoms with van der Waals surface area (Å²) in [6, 6.07) is 8.41. The standard InChI is InChI=1S/C20H27N3O3/c1-24-19-4-2-3-18(11-19)23-15-16(14-22-23)13-21-17-5-8-26-20(12-17)6-9-25-10-7-20/h2-4,11,14-15,17,21H,5-10,12-13H2,1H3/t17-/m1/s1. The molecule has 0 amide bonds. The Morgan fingerprint density at radius 1 is 1.31 bits per heavy atom. The van der Waals surface area contributed by atoms with Crippen LogP contribution in [0.25, 0.3) is 5.69 Å². The summed E-state index contributed by atoms with van der Waals surface area (Å²) in [5.74, 6) is 0.835. The van der Waals surface area contributed by atoms with Gasteiger partial charge in [0, 0.05) is 50.2 Å². The first-order chi connectivity index (χ1) is 12.8. The normalized spacial score (nSPS) is 22.4. The van der Waals surface area contributed by atoms with Crippen LogP contribution in [0.4, 0.5) is 0 Å². The Bertz CT molecular complexity index is 719. The van der Waals surface area contributed by atoms with Crippen molar-refractivity contribution in [1.29, 1.82) is 0 Å². The molecule has 0 aliphatic carbocycles. The van der Waals surface area contributed by atoms with E-state index < -0.39 is 0 Å². The first kappa shape index (κ1) is 17.5. The lowest BCUT2D eigenvalue weighted by Gasteiger charge is -2.43. The van der Waals surface area contributed by atoms with Crippen LogP contribution in [0.2, 0.25) is 0 Å². The zero-order chi connectivity index (χ0) is 17.8. The lowest BCUT2D eigenvalue weighted by atomic mass is 9.84. The summed E-state index contributed by atoms with van der Waals surface area (Å²) >= 11 is 0. The van der Waals surface area contributed by atoms with Gasteiger partial charge >= 0.3 is 0 Å². The summed E-state index contributed by atoms with van der Waals surface area (Å²) in [5.41, 5.74) is 2.21. The Hall–Kier alpha value is -1.89. The van der Waals surface area contributed by atoms with E-state index in [2.05, 4.69) is 16.6 Å². The van der Waals surface area contributed by atoms with E-state index in [0.717, 1.165) is 63.5 Å². The second kappa shape index (κ2) is 7.78. The molecule has 2 aliphatic rings. The number of benzene rings is 1. The second-order valence-corrected chi connectivity index (χ2v) is 7.21. The van der Waals surface area contributed by atoms with Crippen LogP contribution in [0.1, 0.15) is 31.2 Å². The topological polar surface area (TPSA) is 57.5 Å². The van der Waals surface area contributed by atoms with Gasteiger partial charge in [0.1, 0.15) is 5.75 Å². The first-order valence-corrected chi connectivity index (χ1v) is 9.39. The Morgan fingerprint density at radius 3 is 3.04 bits per heavy atom. The molecule has 2 fully saturated rings. The molecular formula is C20H27N3O3. The summed E-state index contributed by atoms with van der Waals surface area (Å²) in [7, 11) is 1.68. The van der Waals surface area contributed by atoms with Crippen LogP contribution in [-0.4, -0.2) is 48.4 Å². The third kappa shape index (κ3) is 3.92. The third-order valence-corrected chi connectivity index (χ3v) is 5.45. The summed E-state index contributed by atoms with van der Waals surface area (Å²) in [6.07, 6.45) is 8.16. The Balaban J connectivity index is 1.35. The molecule has 0 saturated carbocycles. The molecule has 2 aliphatic heterocycles. The number of methoxy groups -OCH3 is 1. The maximum absolute atomic E-state index is 6.12. The van der Waals surface area contributed by atoms with Gasteiger partial charge < -0.3 is 19.5 Å². The van der Waals surface area contributed by atoms with Crippen molar-refractivity contribution >= 4 is 0 Å². The molecule has 26 heavy (non-hydrogen) atoms. The minimum atomic E-state index is 0.0267. The van der Waals surface area contributed by atoms with Gasteiger partial charge in [0.2, 0.25) is 0 Å². The van der Waals surface area contributed by atoms with Crippen molar-refractivity contribution in [2.24, 2.45) is 0 Å². The lowest BCUT2D eigenvalue weighted by Crippen LogP contribution is -2.49. The van der Waals surface area contributed by atoms with Gasteiger partial charge in [0.05, 0.1) is 24.6 Å². The number of rotatable bonds is 5. The number of hydrogen-bond donors (Lipinski definition) is 1. The number of aromatic nitrogens is 2. The van der Waals surface area contributed by atoms with Crippen molar-refractivity contribution in [3.63, 3.8) is 0 Å². The molecule has 6 heteroatoms. The van der Waals surface area contributed by atoms with Crippen molar-refractivity contribution in [2.75, 3.05) is 26.9 Å². The van der Waals surface area contributed by atoms with Crippen molar-refractivity contribution in [2.45, 2.75) is 43.9 Å². The Morgan fingerprint density at radius 2 is 2.19 bits per heavy atom. The average Bonchev–Trinajstić information content (AvgIpc) is 3.16. The van der Waals surface area contributed by atoms with E-state index in [1.54, 1.807) is 7.11 Å². The third-order valence-electron chi connectivity index (χ3n) is 5.45. The van der Waals surface area contributed by atoms with Crippen LogP contribution in [-0.2, 0) is 16.0 Å². The highest BCUT2D eigenvalue weighted by Gasteiger charge is 2.38. The number of hydrogen-bond acceptors (Lipinski definition) is 5. The van der Waals surface area contributed by atoms with Gasteiger partial charge in [0.25, 0.3) is 0 Å². The van der Waals surface area contributed by atoms with Crippen LogP contribution in [0.3, 0.4) is 0 Å². The summed E-state index contributed by atoms with van der Waals surface area (Å²) in [6.45, 7) is 3.29. The van der Waals surface area contributed by atoms with E-state index in [4.69, 9.17) is 14.2 Å². The molecule has 0 radical (unpaired) electrons. The predicted molar refractivity (Wildman–Crippen MR) is 98.7 cm³/mol. The van der Waals surface area contributed by atoms with E-state index in [-0.39, 0.29) is 5.60 Å². The van der Waals surface area contributed by atoms with E-state index >= 15 is 0 Å². The average molecular weight is 357 g/mol. The smallest absolute Gasteiger partial charge is 0.121 e. The highest BCUT2D eigenvalue weighted by atomic mass is 16.5. The SMILES string of the molecule is COc1cccc(-n2cc(CN[C@@H]3CCOC4(CCOCC4)C3)cn2)c1. The molecule has 4 rings (SSSR count). The predicted octanol–water partition coefficient (Wildman–Crippen LogP) is 2.70. The molecule has 2 saturated heterocycles. The highest BCUT2D eigenvalue weighted by molar-refractivity contribution is 5.38. The fourth-order valence-corrected chi connectivity index (χ4v) is 3.90. The number of ether oxygens (including phenoxy) is 3. The van der Waals surface area contributed by atoms with Gasteiger partial charge in [-0.25, -0.2) is 4.68 Å². The van der Waals surface area contributed by atoms with Crippen molar-refractivity contribution < 1.29 is 14.2 Å². The van der Waals surface area contributed by atoms with Crippen LogP contribution in [0, 0.1) is 0 Å². The van der Waals surface area contributed by atoms with Crippen LogP contribution in [0.5, 0.6) is 5.75 Å². The molecule has 0 bridgehead atoms. The number of nitrogens with one attached hydrogen (secondary N) is 1. The molecule has 1 aromatic heterocycles. The largest absolute Gasteiger partial charge is 0.497 e. The fourth-order valence-electron chi connectivity index (χ4n) is 3.90. The maximum Gasteiger partial charge on any atom is 0.121 e. The molecule has 1 N–H and O–H groups in total. The number of nitrogens with zero attached hydrogens (tertiary/aromatic N) is 2. The van der Waals surface area contributed by atoms with Gasteiger partial charge in [-0.2, -0.15) is 5.10 Å². The van der Waals surface area contributed by atoms with Crippen molar-refractivity contribution in [3.05, 3.63) is 42.2 Å². The van der Waals surface area contributed by atoms with Gasteiger partial charge in [-0.1, -0.05) is 6.07 Å². The zero-order valence-corrected chi connectivity index (χ0v) is 15.3.